The van der Waals surface area contributed by atoms with E-state index < -0.39 is 6.03 Å². The SMILES string of the molecule is CN1CC(=O)N(CC(=O)N2CCCOC(CN3CCCCC3)C2)C1=O. The molecule has 0 saturated carbocycles. The zero-order valence-corrected chi connectivity index (χ0v) is 15.0. The van der Waals surface area contributed by atoms with Crippen LogP contribution in [-0.4, -0.2) is 103 Å². The summed E-state index contributed by atoms with van der Waals surface area (Å²) in [5.74, 6) is -0.483. The van der Waals surface area contributed by atoms with Crippen LogP contribution in [0, 0.1) is 0 Å². The number of likely N-dealkylation sites (tertiary alicyclic amines) is 1. The van der Waals surface area contributed by atoms with Crippen molar-refractivity contribution in [2.75, 3.05) is 59.5 Å². The lowest BCUT2D eigenvalue weighted by Crippen LogP contribution is -2.47. The van der Waals surface area contributed by atoms with Gasteiger partial charge in [0.2, 0.25) is 5.91 Å². The molecule has 0 spiro atoms. The minimum Gasteiger partial charge on any atom is -0.375 e. The van der Waals surface area contributed by atoms with Gasteiger partial charge >= 0.3 is 6.03 Å². The zero-order valence-electron chi connectivity index (χ0n) is 15.0. The van der Waals surface area contributed by atoms with Crippen molar-refractivity contribution in [3.8, 4) is 0 Å². The van der Waals surface area contributed by atoms with E-state index in [9.17, 15) is 14.4 Å². The van der Waals surface area contributed by atoms with Gasteiger partial charge in [0.25, 0.3) is 5.91 Å². The first kappa shape index (κ1) is 18.1. The van der Waals surface area contributed by atoms with Gasteiger partial charge < -0.3 is 19.4 Å². The van der Waals surface area contributed by atoms with Gasteiger partial charge in [-0.05, 0) is 32.4 Å². The van der Waals surface area contributed by atoms with Crippen molar-refractivity contribution in [3.63, 3.8) is 0 Å². The first-order chi connectivity index (χ1) is 12.0. The summed E-state index contributed by atoms with van der Waals surface area (Å²) in [5, 5.41) is 0. The molecule has 0 bridgehead atoms. The average molecular weight is 352 g/mol. The van der Waals surface area contributed by atoms with Crippen molar-refractivity contribution in [1.29, 1.82) is 0 Å². The number of amides is 4. The number of urea groups is 1. The van der Waals surface area contributed by atoms with E-state index in [1.165, 1.54) is 24.2 Å². The zero-order chi connectivity index (χ0) is 17.8. The van der Waals surface area contributed by atoms with E-state index >= 15 is 0 Å². The Bertz CT molecular complexity index is 521. The summed E-state index contributed by atoms with van der Waals surface area (Å²) in [6.07, 6.45) is 4.52. The number of nitrogens with zero attached hydrogens (tertiary/aromatic N) is 4. The highest BCUT2D eigenvalue weighted by atomic mass is 16.5. The van der Waals surface area contributed by atoms with Crippen molar-refractivity contribution in [2.45, 2.75) is 31.8 Å². The third kappa shape index (κ3) is 4.49. The van der Waals surface area contributed by atoms with Crippen LogP contribution in [0.5, 0.6) is 0 Å². The number of rotatable bonds is 4. The highest BCUT2D eigenvalue weighted by molar-refractivity contribution is 6.04. The minimum absolute atomic E-state index is 0.00259. The van der Waals surface area contributed by atoms with E-state index in [1.807, 2.05) is 0 Å². The molecule has 8 nitrogen and oxygen atoms in total. The second-order valence-corrected chi connectivity index (χ2v) is 7.17. The molecule has 0 N–H and O–H groups in total. The van der Waals surface area contributed by atoms with Gasteiger partial charge in [-0.15, -0.1) is 0 Å². The fourth-order valence-electron chi connectivity index (χ4n) is 3.72. The third-order valence-corrected chi connectivity index (χ3v) is 5.14. The second kappa shape index (κ2) is 8.14. The van der Waals surface area contributed by atoms with E-state index in [-0.39, 0.29) is 31.0 Å². The molecule has 8 heteroatoms. The predicted octanol–water partition coefficient (Wildman–Crippen LogP) is -0.0162. The highest BCUT2D eigenvalue weighted by Gasteiger charge is 2.36. The van der Waals surface area contributed by atoms with Crippen molar-refractivity contribution in [2.24, 2.45) is 0 Å². The number of hydrogen-bond donors (Lipinski definition) is 0. The highest BCUT2D eigenvalue weighted by Crippen LogP contribution is 2.14. The number of imide groups is 1. The molecular formula is C17H28N4O4. The molecule has 3 fully saturated rings. The lowest BCUT2D eigenvalue weighted by molar-refractivity contribution is -0.137. The molecule has 0 aliphatic carbocycles. The maximum Gasteiger partial charge on any atom is 0.327 e. The van der Waals surface area contributed by atoms with Gasteiger partial charge in [-0.25, -0.2) is 4.79 Å². The molecule has 0 aromatic rings. The van der Waals surface area contributed by atoms with Gasteiger partial charge in [-0.3, -0.25) is 14.5 Å². The van der Waals surface area contributed by atoms with Gasteiger partial charge in [0.1, 0.15) is 13.1 Å². The topological polar surface area (TPSA) is 73.4 Å². The Labute approximate surface area is 148 Å². The molecule has 1 atom stereocenters. The summed E-state index contributed by atoms with van der Waals surface area (Å²) in [7, 11) is 1.57. The average Bonchev–Trinajstić information content (AvgIpc) is 2.78. The smallest absolute Gasteiger partial charge is 0.327 e. The summed E-state index contributed by atoms with van der Waals surface area (Å²) >= 11 is 0. The number of piperidine rings is 1. The first-order valence-electron chi connectivity index (χ1n) is 9.22. The minimum atomic E-state index is -0.394. The lowest BCUT2D eigenvalue weighted by atomic mass is 10.1. The molecule has 1 unspecified atom stereocenters. The molecule has 3 saturated heterocycles. The van der Waals surface area contributed by atoms with Crippen LogP contribution >= 0.6 is 0 Å². The Morgan fingerprint density at radius 3 is 2.56 bits per heavy atom. The van der Waals surface area contributed by atoms with Crippen molar-refractivity contribution >= 4 is 17.8 Å². The van der Waals surface area contributed by atoms with Gasteiger partial charge in [-0.1, -0.05) is 6.42 Å². The number of carbonyl (C=O) groups excluding carboxylic acids is 3. The van der Waals surface area contributed by atoms with Crippen LogP contribution in [0.1, 0.15) is 25.7 Å². The summed E-state index contributed by atoms with van der Waals surface area (Å²) in [6.45, 7) is 4.70. The summed E-state index contributed by atoms with van der Waals surface area (Å²) in [5.41, 5.74) is 0. The molecule has 3 heterocycles. The van der Waals surface area contributed by atoms with Crippen LogP contribution in [0.3, 0.4) is 0 Å². The molecule has 140 valence electrons. The molecular weight excluding hydrogens is 324 g/mol. The van der Waals surface area contributed by atoms with Gasteiger partial charge in [0, 0.05) is 33.3 Å². The van der Waals surface area contributed by atoms with E-state index in [4.69, 9.17) is 4.74 Å². The van der Waals surface area contributed by atoms with Crippen LogP contribution in [-0.2, 0) is 14.3 Å². The molecule has 3 aliphatic heterocycles. The fraction of sp³-hybridized carbons (Fsp3) is 0.824. The largest absolute Gasteiger partial charge is 0.375 e. The van der Waals surface area contributed by atoms with Crippen molar-refractivity contribution in [3.05, 3.63) is 0 Å². The number of hydrogen-bond acceptors (Lipinski definition) is 5. The Balaban J connectivity index is 1.55. The monoisotopic (exact) mass is 352 g/mol. The van der Waals surface area contributed by atoms with E-state index in [1.54, 1.807) is 11.9 Å². The second-order valence-electron chi connectivity index (χ2n) is 7.17. The first-order valence-corrected chi connectivity index (χ1v) is 9.22. The van der Waals surface area contributed by atoms with Gasteiger partial charge in [-0.2, -0.15) is 0 Å². The lowest BCUT2D eigenvalue weighted by Gasteiger charge is -2.31. The van der Waals surface area contributed by atoms with Crippen LogP contribution in [0.2, 0.25) is 0 Å². The van der Waals surface area contributed by atoms with Crippen molar-refractivity contribution < 1.29 is 19.1 Å². The number of carbonyl (C=O) groups is 3. The van der Waals surface area contributed by atoms with Crippen LogP contribution in [0.25, 0.3) is 0 Å². The standard InChI is InChI=1S/C17H28N4O4/c1-18-12-16(23)21(17(18)24)13-15(22)20-8-5-9-25-14(11-20)10-19-6-3-2-4-7-19/h14H,2-13H2,1H3. The molecule has 25 heavy (non-hydrogen) atoms. The molecule has 4 amide bonds. The third-order valence-electron chi connectivity index (χ3n) is 5.14. The van der Waals surface area contributed by atoms with Crippen molar-refractivity contribution in [1.82, 2.24) is 19.6 Å². The predicted molar refractivity (Wildman–Crippen MR) is 91.0 cm³/mol. The summed E-state index contributed by atoms with van der Waals surface area (Å²) in [4.78, 5) is 43.0. The Kier molecular flexibility index (Phi) is 5.90. The van der Waals surface area contributed by atoms with E-state index in [0.717, 1.165) is 31.0 Å². The summed E-state index contributed by atoms with van der Waals surface area (Å²) < 4.78 is 5.92. The van der Waals surface area contributed by atoms with Gasteiger partial charge in [0.15, 0.2) is 0 Å². The van der Waals surface area contributed by atoms with E-state index in [0.29, 0.717) is 19.7 Å². The van der Waals surface area contributed by atoms with E-state index in [2.05, 4.69) is 4.90 Å². The fourth-order valence-corrected chi connectivity index (χ4v) is 3.72. The quantitative estimate of drug-likeness (QED) is 0.665. The molecule has 0 aromatic carbocycles. The number of ether oxygens (including phenoxy) is 1. The van der Waals surface area contributed by atoms with Crippen LogP contribution in [0.4, 0.5) is 4.79 Å². The van der Waals surface area contributed by atoms with Crippen LogP contribution in [0.15, 0.2) is 0 Å². The Hall–Kier alpha value is -1.67. The summed E-state index contributed by atoms with van der Waals surface area (Å²) in [6, 6.07) is -0.394. The molecule has 0 radical (unpaired) electrons. The van der Waals surface area contributed by atoms with Gasteiger partial charge in [0.05, 0.1) is 6.10 Å². The Morgan fingerprint density at radius 2 is 1.88 bits per heavy atom. The molecule has 3 aliphatic rings. The Morgan fingerprint density at radius 1 is 1.12 bits per heavy atom. The molecule has 3 rings (SSSR count). The normalized spacial score (nSPS) is 26.3. The number of likely N-dealkylation sites (N-methyl/N-ethyl adjacent to an activating group) is 1. The molecule has 0 aromatic heterocycles. The maximum atomic E-state index is 12.6. The maximum absolute atomic E-state index is 12.6. The van der Waals surface area contributed by atoms with Crippen LogP contribution < -0.4 is 0 Å².